The average molecular weight is 401 g/mol. The standard InChI is InChI=1S/C12H9BrN4O3S2/c1-7-9(5-14-10-2-3-15-17(7)10)12(18)16-22(19,20)11-4-8(13)6-21-11/h2-6H,1H3,(H,16,18). The molecule has 0 fully saturated rings. The van der Waals surface area contributed by atoms with E-state index in [1.165, 1.54) is 16.8 Å². The van der Waals surface area contributed by atoms with E-state index in [0.29, 0.717) is 15.8 Å². The fourth-order valence-corrected chi connectivity index (χ4v) is 4.69. The van der Waals surface area contributed by atoms with Gasteiger partial charge in [-0.1, -0.05) is 0 Å². The highest BCUT2D eigenvalue weighted by molar-refractivity contribution is 9.10. The molecule has 0 spiro atoms. The largest absolute Gasteiger partial charge is 0.273 e. The number of hydrogen-bond donors (Lipinski definition) is 1. The Bertz CT molecular complexity index is 977. The van der Waals surface area contributed by atoms with E-state index in [1.54, 1.807) is 24.6 Å². The number of hydrogen-bond acceptors (Lipinski definition) is 6. The first-order chi connectivity index (χ1) is 10.4. The number of carbonyl (C=O) groups excluding carboxylic acids is 1. The molecular weight excluding hydrogens is 392 g/mol. The van der Waals surface area contributed by atoms with E-state index in [0.717, 1.165) is 11.3 Å². The average Bonchev–Trinajstić information content (AvgIpc) is 3.07. The number of aryl methyl sites for hydroxylation is 1. The summed E-state index contributed by atoms with van der Waals surface area (Å²) in [6.45, 7) is 1.67. The molecule has 1 N–H and O–H groups in total. The van der Waals surface area contributed by atoms with Gasteiger partial charge < -0.3 is 0 Å². The molecule has 0 saturated carbocycles. The van der Waals surface area contributed by atoms with Crippen LogP contribution in [0.3, 0.4) is 0 Å². The monoisotopic (exact) mass is 400 g/mol. The number of rotatable bonds is 3. The van der Waals surface area contributed by atoms with E-state index in [4.69, 9.17) is 0 Å². The molecule has 1 amide bonds. The van der Waals surface area contributed by atoms with Gasteiger partial charge in [0, 0.05) is 22.1 Å². The Morgan fingerprint density at radius 1 is 1.45 bits per heavy atom. The lowest BCUT2D eigenvalue weighted by atomic mass is 10.2. The number of nitrogens with zero attached hydrogens (tertiary/aromatic N) is 3. The molecule has 0 radical (unpaired) electrons. The third-order valence-corrected chi connectivity index (χ3v) is 6.47. The molecule has 0 aliphatic heterocycles. The Kier molecular flexibility index (Phi) is 3.75. The smallest absolute Gasteiger partial charge is 0.268 e. The molecule has 7 nitrogen and oxygen atoms in total. The molecule has 0 saturated heterocycles. The van der Waals surface area contributed by atoms with Gasteiger partial charge in [-0.3, -0.25) is 4.79 Å². The minimum Gasteiger partial charge on any atom is -0.268 e. The van der Waals surface area contributed by atoms with Crippen LogP contribution in [0.1, 0.15) is 16.1 Å². The van der Waals surface area contributed by atoms with Crippen LogP contribution in [0.15, 0.2) is 38.6 Å². The molecule has 0 aromatic carbocycles. The summed E-state index contributed by atoms with van der Waals surface area (Å²) >= 11 is 4.20. The Morgan fingerprint density at radius 2 is 2.23 bits per heavy atom. The molecule has 3 aromatic heterocycles. The van der Waals surface area contributed by atoms with Gasteiger partial charge in [-0.15, -0.1) is 11.3 Å². The van der Waals surface area contributed by atoms with Crippen molar-refractivity contribution in [2.75, 3.05) is 0 Å². The molecule has 3 rings (SSSR count). The van der Waals surface area contributed by atoms with Crippen molar-refractivity contribution in [2.45, 2.75) is 11.1 Å². The van der Waals surface area contributed by atoms with Gasteiger partial charge in [-0.2, -0.15) is 5.10 Å². The minimum atomic E-state index is -3.91. The summed E-state index contributed by atoms with van der Waals surface area (Å²) in [7, 11) is -3.91. The van der Waals surface area contributed by atoms with E-state index < -0.39 is 15.9 Å². The van der Waals surface area contributed by atoms with Gasteiger partial charge in [0.15, 0.2) is 5.65 Å². The Labute approximate surface area is 138 Å². The number of nitrogens with one attached hydrogen (secondary N) is 1. The summed E-state index contributed by atoms with van der Waals surface area (Å²) in [4.78, 5) is 16.3. The summed E-state index contributed by atoms with van der Waals surface area (Å²) in [6.07, 6.45) is 2.89. The van der Waals surface area contributed by atoms with Crippen LogP contribution in [-0.4, -0.2) is 28.9 Å². The second kappa shape index (κ2) is 5.45. The minimum absolute atomic E-state index is 0.0542. The summed E-state index contributed by atoms with van der Waals surface area (Å²) < 4.78 is 28.5. The van der Waals surface area contributed by atoms with E-state index in [-0.39, 0.29) is 9.77 Å². The Balaban J connectivity index is 1.95. The SMILES string of the molecule is Cc1c(C(=O)NS(=O)(=O)c2cc(Br)cs2)cnc2ccnn12. The van der Waals surface area contributed by atoms with Crippen LogP contribution in [0.2, 0.25) is 0 Å². The van der Waals surface area contributed by atoms with Crippen LogP contribution in [0.4, 0.5) is 0 Å². The van der Waals surface area contributed by atoms with Crippen LogP contribution in [-0.2, 0) is 10.0 Å². The maximum atomic E-state index is 12.2. The van der Waals surface area contributed by atoms with Crippen molar-refractivity contribution in [1.29, 1.82) is 0 Å². The molecular formula is C12H9BrN4O3S2. The van der Waals surface area contributed by atoms with E-state index in [2.05, 4.69) is 26.0 Å². The van der Waals surface area contributed by atoms with Gasteiger partial charge in [0.25, 0.3) is 15.9 Å². The van der Waals surface area contributed by atoms with Crippen molar-refractivity contribution in [3.05, 3.63) is 45.6 Å². The van der Waals surface area contributed by atoms with Gasteiger partial charge in [-0.25, -0.2) is 22.6 Å². The van der Waals surface area contributed by atoms with Gasteiger partial charge >= 0.3 is 0 Å². The van der Waals surface area contributed by atoms with E-state index in [1.807, 2.05) is 4.72 Å². The Morgan fingerprint density at radius 3 is 2.91 bits per heavy atom. The lowest BCUT2D eigenvalue weighted by Crippen LogP contribution is -2.31. The zero-order valence-electron chi connectivity index (χ0n) is 11.1. The number of carbonyl (C=O) groups is 1. The number of thiophene rings is 1. The van der Waals surface area contributed by atoms with Crippen molar-refractivity contribution in [3.63, 3.8) is 0 Å². The lowest BCUT2D eigenvalue weighted by molar-refractivity contribution is 0.0980. The maximum Gasteiger partial charge on any atom is 0.273 e. The highest BCUT2D eigenvalue weighted by Gasteiger charge is 2.22. The first kappa shape index (κ1) is 15.1. The highest BCUT2D eigenvalue weighted by Crippen LogP contribution is 2.24. The van der Waals surface area contributed by atoms with Crippen LogP contribution < -0.4 is 4.72 Å². The third kappa shape index (κ3) is 2.64. The first-order valence-electron chi connectivity index (χ1n) is 5.99. The van der Waals surface area contributed by atoms with Crippen LogP contribution in [0, 0.1) is 6.92 Å². The Hall–Kier alpha value is -1.78. The van der Waals surface area contributed by atoms with Crippen molar-refractivity contribution in [3.8, 4) is 0 Å². The predicted molar refractivity (Wildman–Crippen MR) is 84.4 cm³/mol. The summed E-state index contributed by atoms with van der Waals surface area (Å²) in [6, 6.07) is 3.12. The molecule has 0 aliphatic carbocycles. The number of fused-ring (bicyclic) bond motifs is 1. The van der Waals surface area contributed by atoms with Crippen LogP contribution in [0.5, 0.6) is 0 Å². The number of aromatic nitrogens is 3. The second-order valence-corrected chi connectivity index (χ2v) is 8.11. The molecule has 114 valence electrons. The molecule has 0 unspecified atom stereocenters. The normalized spacial score (nSPS) is 11.7. The fourth-order valence-electron chi connectivity index (χ4n) is 1.88. The van der Waals surface area contributed by atoms with Crippen LogP contribution in [0.25, 0.3) is 5.65 Å². The van der Waals surface area contributed by atoms with Gasteiger partial charge in [0.1, 0.15) is 4.21 Å². The maximum absolute atomic E-state index is 12.2. The van der Waals surface area contributed by atoms with Gasteiger partial charge in [0.05, 0.1) is 17.5 Å². The number of sulfonamides is 1. The van der Waals surface area contributed by atoms with E-state index in [9.17, 15) is 13.2 Å². The molecule has 0 atom stereocenters. The molecule has 0 bridgehead atoms. The molecule has 3 heterocycles. The second-order valence-electron chi connectivity index (χ2n) is 4.38. The lowest BCUT2D eigenvalue weighted by Gasteiger charge is -2.08. The van der Waals surface area contributed by atoms with Crippen molar-refractivity contribution >= 4 is 48.8 Å². The summed E-state index contributed by atoms with van der Waals surface area (Å²) in [5.41, 5.74) is 1.24. The zero-order valence-corrected chi connectivity index (χ0v) is 14.4. The van der Waals surface area contributed by atoms with Crippen LogP contribution >= 0.6 is 27.3 Å². The van der Waals surface area contributed by atoms with Gasteiger partial charge in [0.2, 0.25) is 0 Å². The van der Waals surface area contributed by atoms with Crippen molar-refractivity contribution in [1.82, 2.24) is 19.3 Å². The zero-order chi connectivity index (χ0) is 15.9. The molecule has 3 aromatic rings. The molecule has 10 heteroatoms. The fraction of sp³-hybridized carbons (Fsp3) is 0.0833. The summed E-state index contributed by atoms with van der Waals surface area (Å²) in [5, 5.41) is 5.67. The predicted octanol–water partition coefficient (Wildman–Crippen LogP) is 1.98. The molecule has 0 aliphatic rings. The quantitative estimate of drug-likeness (QED) is 0.725. The number of halogens is 1. The first-order valence-corrected chi connectivity index (χ1v) is 9.14. The highest BCUT2D eigenvalue weighted by atomic mass is 79.9. The van der Waals surface area contributed by atoms with Crippen molar-refractivity contribution in [2.24, 2.45) is 0 Å². The van der Waals surface area contributed by atoms with E-state index >= 15 is 0 Å². The summed E-state index contributed by atoms with van der Waals surface area (Å²) in [5.74, 6) is -0.744. The van der Waals surface area contributed by atoms with Gasteiger partial charge in [-0.05, 0) is 28.9 Å². The third-order valence-electron chi connectivity index (χ3n) is 2.94. The van der Waals surface area contributed by atoms with Crippen molar-refractivity contribution < 1.29 is 13.2 Å². The topological polar surface area (TPSA) is 93.4 Å². The molecule has 22 heavy (non-hydrogen) atoms. The number of amides is 1.